The standard InChI is InChI=1S/C8H14O3/c1-3-9-5-2-8(11-4-1)6-10-7-8/h1-7H2. The van der Waals surface area contributed by atoms with E-state index in [4.69, 9.17) is 14.2 Å². The Morgan fingerprint density at radius 3 is 2.55 bits per heavy atom. The molecule has 0 amide bonds. The second kappa shape index (κ2) is 3.09. The van der Waals surface area contributed by atoms with Gasteiger partial charge in [-0.05, 0) is 6.42 Å². The summed E-state index contributed by atoms with van der Waals surface area (Å²) in [7, 11) is 0. The number of ether oxygens (including phenoxy) is 3. The van der Waals surface area contributed by atoms with Gasteiger partial charge in [0.05, 0.1) is 13.2 Å². The monoisotopic (exact) mass is 158 g/mol. The van der Waals surface area contributed by atoms with Gasteiger partial charge in [0.25, 0.3) is 0 Å². The van der Waals surface area contributed by atoms with E-state index >= 15 is 0 Å². The van der Waals surface area contributed by atoms with Gasteiger partial charge in [0.2, 0.25) is 0 Å². The Bertz CT molecular complexity index is 121. The van der Waals surface area contributed by atoms with Crippen LogP contribution in [0.5, 0.6) is 0 Å². The maximum Gasteiger partial charge on any atom is 0.117 e. The molecule has 0 aromatic rings. The Morgan fingerprint density at radius 2 is 1.82 bits per heavy atom. The molecule has 1 spiro atoms. The lowest BCUT2D eigenvalue weighted by Crippen LogP contribution is -2.53. The smallest absolute Gasteiger partial charge is 0.117 e. The van der Waals surface area contributed by atoms with Gasteiger partial charge in [0, 0.05) is 26.2 Å². The van der Waals surface area contributed by atoms with Crippen molar-refractivity contribution in [2.45, 2.75) is 18.4 Å². The molecule has 0 radical (unpaired) electrons. The van der Waals surface area contributed by atoms with Crippen LogP contribution in [-0.2, 0) is 14.2 Å². The fraction of sp³-hybridized carbons (Fsp3) is 1.00. The minimum atomic E-state index is 0.0282. The first-order chi connectivity index (χ1) is 5.41. The lowest BCUT2D eigenvalue weighted by atomic mass is 9.98. The van der Waals surface area contributed by atoms with Gasteiger partial charge < -0.3 is 14.2 Å². The molecular formula is C8H14O3. The fourth-order valence-electron chi connectivity index (χ4n) is 1.44. The maximum atomic E-state index is 5.70. The summed E-state index contributed by atoms with van der Waals surface area (Å²) in [6, 6.07) is 0. The van der Waals surface area contributed by atoms with Crippen LogP contribution >= 0.6 is 0 Å². The third-order valence-corrected chi connectivity index (χ3v) is 2.27. The zero-order chi connectivity index (χ0) is 7.57. The van der Waals surface area contributed by atoms with Gasteiger partial charge >= 0.3 is 0 Å². The van der Waals surface area contributed by atoms with Gasteiger partial charge in [-0.1, -0.05) is 0 Å². The van der Waals surface area contributed by atoms with Crippen LogP contribution in [-0.4, -0.2) is 38.6 Å². The molecule has 11 heavy (non-hydrogen) atoms. The first-order valence-corrected chi connectivity index (χ1v) is 4.21. The van der Waals surface area contributed by atoms with E-state index in [-0.39, 0.29) is 5.60 Å². The minimum absolute atomic E-state index is 0.0282. The van der Waals surface area contributed by atoms with Crippen LogP contribution in [0.3, 0.4) is 0 Å². The molecular weight excluding hydrogens is 144 g/mol. The Labute approximate surface area is 66.6 Å². The molecule has 2 rings (SSSR count). The summed E-state index contributed by atoms with van der Waals surface area (Å²) >= 11 is 0. The molecule has 0 N–H and O–H groups in total. The van der Waals surface area contributed by atoms with Crippen LogP contribution in [0.4, 0.5) is 0 Å². The molecule has 0 bridgehead atoms. The van der Waals surface area contributed by atoms with E-state index in [1.54, 1.807) is 0 Å². The van der Waals surface area contributed by atoms with Crippen molar-refractivity contribution in [3.8, 4) is 0 Å². The minimum Gasteiger partial charge on any atom is -0.381 e. The highest BCUT2D eigenvalue weighted by atomic mass is 16.6. The van der Waals surface area contributed by atoms with E-state index in [0.717, 1.165) is 45.9 Å². The van der Waals surface area contributed by atoms with E-state index < -0.39 is 0 Å². The molecule has 0 unspecified atom stereocenters. The van der Waals surface area contributed by atoms with Crippen molar-refractivity contribution in [1.29, 1.82) is 0 Å². The van der Waals surface area contributed by atoms with Crippen LogP contribution in [0.1, 0.15) is 12.8 Å². The van der Waals surface area contributed by atoms with Crippen molar-refractivity contribution in [1.82, 2.24) is 0 Å². The molecule has 2 aliphatic heterocycles. The summed E-state index contributed by atoms with van der Waals surface area (Å²) in [4.78, 5) is 0. The van der Waals surface area contributed by atoms with Crippen molar-refractivity contribution in [2.75, 3.05) is 33.0 Å². The van der Waals surface area contributed by atoms with Crippen molar-refractivity contribution in [3.63, 3.8) is 0 Å². The third-order valence-electron chi connectivity index (χ3n) is 2.27. The van der Waals surface area contributed by atoms with Crippen molar-refractivity contribution in [2.24, 2.45) is 0 Å². The molecule has 3 nitrogen and oxygen atoms in total. The van der Waals surface area contributed by atoms with Gasteiger partial charge in [-0.15, -0.1) is 0 Å². The molecule has 2 heterocycles. The van der Waals surface area contributed by atoms with Crippen molar-refractivity contribution in [3.05, 3.63) is 0 Å². The van der Waals surface area contributed by atoms with Gasteiger partial charge in [0.1, 0.15) is 5.60 Å². The Hall–Kier alpha value is -0.120. The SMILES string of the molecule is C1COCCC2(COC2)OC1. The second-order valence-electron chi connectivity index (χ2n) is 3.24. The van der Waals surface area contributed by atoms with E-state index in [0.29, 0.717) is 0 Å². The normalized spacial score (nSPS) is 30.5. The van der Waals surface area contributed by atoms with Crippen LogP contribution in [0.25, 0.3) is 0 Å². The second-order valence-corrected chi connectivity index (χ2v) is 3.24. The summed E-state index contributed by atoms with van der Waals surface area (Å²) < 4.78 is 16.2. The molecule has 3 heteroatoms. The average Bonchev–Trinajstić information content (AvgIpc) is 1.82. The molecule has 0 saturated carbocycles. The molecule has 64 valence electrons. The quantitative estimate of drug-likeness (QED) is 0.516. The Morgan fingerprint density at radius 1 is 0.909 bits per heavy atom. The van der Waals surface area contributed by atoms with Gasteiger partial charge in [0.15, 0.2) is 0 Å². The highest BCUT2D eigenvalue weighted by Gasteiger charge is 2.39. The fourth-order valence-corrected chi connectivity index (χ4v) is 1.44. The summed E-state index contributed by atoms with van der Waals surface area (Å²) in [6.45, 7) is 4.01. The topological polar surface area (TPSA) is 27.7 Å². The van der Waals surface area contributed by atoms with Crippen molar-refractivity contribution >= 4 is 0 Å². The number of hydrogen-bond donors (Lipinski definition) is 0. The van der Waals surface area contributed by atoms with Crippen LogP contribution in [0.15, 0.2) is 0 Å². The number of rotatable bonds is 0. The zero-order valence-corrected chi connectivity index (χ0v) is 6.67. The predicted octanol–water partition coefficient (Wildman–Crippen LogP) is 0.582. The molecule has 2 saturated heterocycles. The molecule has 0 aromatic carbocycles. The molecule has 2 aliphatic rings. The van der Waals surface area contributed by atoms with E-state index in [2.05, 4.69) is 0 Å². The van der Waals surface area contributed by atoms with Crippen molar-refractivity contribution < 1.29 is 14.2 Å². The summed E-state index contributed by atoms with van der Waals surface area (Å²) in [5.74, 6) is 0. The molecule has 0 atom stereocenters. The van der Waals surface area contributed by atoms with Crippen LogP contribution in [0.2, 0.25) is 0 Å². The summed E-state index contributed by atoms with van der Waals surface area (Å²) in [5.41, 5.74) is 0.0282. The van der Waals surface area contributed by atoms with Gasteiger partial charge in [-0.2, -0.15) is 0 Å². The predicted molar refractivity (Wildman–Crippen MR) is 39.6 cm³/mol. The highest BCUT2D eigenvalue weighted by Crippen LogP contribution is 2.26. The first kappa shape index (κ1) is 7.53. The number of hydrogen-bond acceptors (Lipinski definition) is 3. The zero-order valence-electron chi connectivity index (χ0n) is 6.67. The maximum absolute atomic E-state index is 5.70. The largest absolute Gasteiger partial charge is 0.381 e. The van der Waals surface area contributed by atoms with E-state index in [9.17, 15) is 0 Å². The average molecular weight is 158 g/mol. The van der Waals surface area contributed by atoms with E-state index in [1.165, 1.54) is 0 Å². The first-order valence-electron chi connectivity index (χ1n) is 4.21. The molecule has 0 aliphatic carbocycles. The van der Waals surface area contributed by atoms with Crippen LogP contribution in [0, 0.1) is 0 Å². The van der Waals surface area contributed by atoms with E-state index in [1.807, 2.05) is 0 Å². The third kappa shape index (κ3) is 1.55. The Balaban J connectivity index is 1.86. The van der Waals surface area contributed by atoms with Crippen LogP contribution < -0.4 is 0 Å². The lowest BCUT2D eigenvalue weighted by Gasteiger charge is -2.42. The lowest BCUT2D eigenvalue weighted by molar-refractivity contribution is -0.224. The van der Waals surface area contributed by atoms with Gasteiger partial charge in [-0.25, -0.2) is 0 Å². The van der Waals surface area contributed by atoms with Gasteiger partial charge in [-0.3, -0.25) is 0 Å². The Kier molecular flexibility index (Phi) is 2.11. The molecule has 0 aromatic heterocycles. The molecule has 2 fully saturated rings. The summed E-state index contributed by atoms with van der Waals surface area (Å²) in [6.07, 6.45) is 2.01. The highest BCUT2D eigenvalue weighted by molar-refractivity contribution is 4.87. The summed E-state index contributed by atoms with van der Waals surface area (Å²) in [5, 5.41) is 0.